The normalized spacial score (nSPS) is 24.0. The summed E-state index contributed by atoms with van der Waals surface area (Å²) in [5.74, 6) is 0. The predicted octanol–water partition coefficient (Wildman–Crippen LogP) is 2.90. The second kappa shape index (κ2) is 6.05. The minimum atomic E-state index is 0. The summed E-state index contributed by atoms with van der Waals surface area (Å²) in [6.07, 6.45) is 1.23. The van der Waals surface area contributed by atoms with Crippen LogP contribution in [0.3, 0.4) is 0 Å². The number of nitrogens with two attached hydrogens (primary N) is 1. The second-order valence-corrected chi connectivity index (χ2v) is 5.83. The third kappa shape index (κ3) is 3.25. The molecule has 0 aliphatic carbocycles. The van der Waals surface area contributed by atoms with E-state index in [1.54, 1.807) is 0 Å². The Balaban J connectivity index is 0.00000162. The Labute approximate surface area is 117 Å². The lowest BCUT2D eigenvalue weighted by atomic mass is 9.90. The Bertz CT molecular complexity index is 405. The first-order chi connectivity index (χ1) is 8.04. The lowest BCUT2D eigenvalue weighted by Gasteiger charge is -2.23. The lowest BCUT2D eigenvalue weighted by Crippen LogP contribution is -2.31. The van der Waals surface area contributed by atoms with Crippen LogP contribution in [0.5, 0.6) is 0 Å². The Morgan fingerprint density at radius 1 is 1.33 bits per heavy atom. The number of nitrogens with zero attached hydrogens (tertiary/aromatic N) is 1. The molecule has 1 aromatic carbocycles. The molecule has 2 rings (SSSR count). The van der Waals surface area contributed by atoms with Gasteiger partial charge in [0.25, 0.3) is 0 Å². The maximum atomic E-state index is 5.85. The van der Waals surface area contributed by atoms with Gasteiger partial charge in [-0.15, -0.1) is 12.4 Å². The molecule has 3 heteroatoms. The van der Waals surface area contributed by atoms with Crippen LogP contribution in [0.1, 0.15) is 30.0 Å². The zero-order chi connectivity index (χ0) is 12.5. The van der Waals surface area contributed by atoms with Crippen LogP contribution in [0.15, 0.2) is 18.2 Å². The zero-order valence-electron chi connectivity index (χ0n) is 11.7. The predicted molar refractivity (Wildman–Crippen MR) is 80.2 cm³/mol. The van der Waals surface area contributed by atoms with Gasteiger partial charge in [-0.05, 0) is 55.5 Å². The van der Waals surface area contributed by atoms with E-state index in [-0.39, 0.29) is 12.4 Å². The molecule has 1 unspecified atom stereocenters. The first-order valence-corrected chi connectivity index (χ1v) is 6.52. The van der Waals surface area contributed by atoms with Crippen molar-refractivity contribution in [1.29, 1.82) is 0 Å². The SMILES string of the molecule is Cc1cccc(CN2CCC(C)(CN)C2)c1C.Cl. The fraction of sp³-hybridized carbons (Fsp3) is 0.600. The van der Waals surface area contributed by atoms with Crippen LogP contribution in [0.25, 0.3) is 0 Å². The van der Waals surface area contributed by atoms with Crippen LogP contribution < -0.4 is 5.73 Å². The van der Waals surface area contributed by atoms with E-state index in [0.717, 1.165) is 19.6 Å². The highest BCUT2D eigenvalue weighted by molar-refractivity contribution is 5.85. The molecule has 102 valence electrons. The van der Waals surface area contributed by atoms with Gasteiger partial charge in [0.2, 0.25) is 0 Å². The van der Waals surface area contributed by atoms with E-state index in [9.17, 15) is 0 Å². The first-order valence-electron chi connectivity index (χ1n) is 6.52. The van der Waals surface area contributed by atoms with E-state index >= 15 is 0 Å². The Morgan fingerprint density at radius 3 is 2.67 bits per heavy atom. The maximum Gasteiger partial charge on any atom is 0.0236 e. The average molecular weight is 269 g/mol. The summed E-state index contributed by atoms with van der Waals surface area (Å²) in [7, 11) is 0. The van der Waals surface area contributed by atoms with Crippen molar-refractivity contribution >= 4 is 12.4 Å². The molecule has 1 fully saturated rings. The summed E-state index contributed by atoms with van der Waals surface area (Å²) >= 11 is 0. The monoisotopic (exact) mass is 268 g/mol. The number of likely N-dealkylation sites (tertiary alicyclic amines) is 1. The summed E-state index contributed by atoms with van der Waals surface area (Å²) in [6.45, 7) is 10.9. The molecule has 1 aromatic rings. The van der Waals surface area contributed by atoms with Crippen LogP contribution >= 0.6 is 12.4 Å². The molecule has 1 atom stereocenters. The molecule has 0 amide bonds. The quantitative estimate of drug-likeness (QED) is 0.913. The van der Waals surface area contributed by atoms with E-state index < -0.39 is 0 Å². The molecule has 0 spiro atoms. The number of hydrogen-bond acceptors (Lipinski definition) is 2. The van der Waals surface area contributed by atoms with Crippen LogP contribution in [0.2, 0.25) is 0 Å². The van der Waals surface area contributed by atoms with Crippen molar-refractivity contribution in [2.45, 2.75) is 33.7 Å². The molecule has 1 aliphatic heterocycles. The Kier molecular flexibility index (Phi) is 5.20. The first kappa shape index (κ1) is 15.5. The molecule has 2 nitrogen and oxygen atoms in total. The molecule has 1 aliphatic rings. The van der Waals surface area contributed by atoms with Gasteiger partial charge in [0, 0.05) is 13.1 Å². The van der Waals surface area contributed by atoms with Gasteiger partial charge in [0.1, 0.15) is 0 Å². The van der Waals surface area contributed by atoms with Crippen molar-refractivity contribution in [3.05, 3.63) is 34.9 Å². The molecule has 0 bridgehead atoms. The van der Waals surface area contributed by atoms with Gasteiger partial charge in [-0.1, -0.05) is 25.1 Å². The van der Waals surface area contributed by atoms with Crippen molar-refractivity contribution in [3.63, 3.8) is 0 Å². The molecule has 0 saturated carbocycles. The molecule has 0 radical (unpaired) electrons. The number of aryl methyl sites for hydroxylation is 1. The van der Waals surface area contributed by atoms with E-state index in [2.05, 4.69) is 43.9 Å². The maximum absolute atomic E-state index is 5.85. The van der Waals surface area contributed by atoms with Gasteiger partial charge in [0.15, 0.2) is 0 Å². The van der Waals surface area contributed by atoms with Gasteiger partial charge >= 0.3 is 0 Å². The van der Waals surface area contributed by atoms with Crippen LogP contribution in [-0.2, 0) is 6.54 Å². The van der Waals surface area contributed by atoms with E-state index in [1.165, 1.54) is 29.7 Å². The molecule has 0 aromatic heterocycles. The van der Waals surface area contributed by atoms with Crippen LogP contribution in [0.4, 0.5) is 0 Å². The highest BCUT2D eigenvalue weighted by atomic mass is 35.5. The fourth-order valence-electron chi connectivity index (χ4n) is 2.65. The average Bonchev–Trinajstić information content (AvgIpc) is 2.68. The molecular weight excluding hydrogens is 244 g/mol. The third-order valence-electron chi connectivity index (χ3n) is 4.24. The van der Waals surface area contributed by atoms with Crippen molar-refractivity contribution in [2.75, 3.05) is 19.6 Å². The molecule has 2 N–H and O–H groups in total. The summed E-state index contributed by atoms with van der Waals surface area (Å²) in [6, 6.07) is 6.60. The molecule has 18 heavy (non-hydrogen) atoms. The molecule has 1 saturated heterocycles. The zero-order valence-corrected chi connectivity index (χ0v) is 12.5. The number of halogens is 1. The number of benzene rings is 1. The number of rotatable bonds is 3. The molecular formula is C15H25ClN2. The molecule has 1 heterocycles. The largest absolute Gasteiger partial charge is 0.330 e. The number of hydrogen-bond donors (Lipinski definition) is 1. The van der Waals surface area contributed by atoms with E-state index in [4.69, 9.17) is 5.73 Å². The minimum Gasteiger partial charge on any atom is -0.330 e. The highest BCUT2D eigenvalue weighted by Crippen LogP contribution is 2.30. The van der Waals surface area contributed by atoms with Crippen LogP contribution in [-0.4, -0.2) is 24.5 Å². The topological polar surface area (TPSA) is 29.3 Å². The van der Waals surface area contributed by atoms with Crippen LogP contribution in [0, 0.1) is 19.3 Å². The van der Waals surface area contributed by atoms with Gasteiger partial charge in [-0.3, -0.25) is 4.90 Å². The summed E-state index contributed by atoms with van der Waals surface area (Å²) in [4.78, 5) is 2.54. The van der Waals surface area contributed by atoms with Crippen molar-refractivity contribution in [3.8, 4) is 0 Å². The summed E-state index contributed by atoms with van der Waals surface area (Å²) < 4.78 is 0. The summed E-state index contributed by atoms with van der Waals surface area (Å²) in [5, 5.41) is 0. The standard InChI is InChI=1S/C15H24N2.ClH/c1-12-5-4-6-14(13(12)2)9-17-8-7-15(3,10-16)11-17;/h4-6H,7-11,16H2,1-3H3;1H. The lowest BCUT2D eigenvalue weighted by molar-refractivity contribution is 0.274. The van der Waals surface area contributed by atoms with Crippen molar-refractivity contribution < 1.29 is 0 Å². The van der Waals surface area contributed by atoms with E-state index in [0.29, 0.717) is 5.41 Å². The smallest absolute Gasteiger partial charge is 0.0236 e. The fourth-order valence-corrected chi connectivity index (χ4v) is 2.65. The second-order valence-electron chi connectivity index (χ2n) is 5.83. The van der Waals surface area contributed by atoms with Gasteiger partial charge in [-0.25, -0.2) is 0 Å². The van der Waals surface area contributed by atoms with Gasteiger partial charge in [-0.2, -0.15) is 0 Å². The third-order valence-corrected chi connectivity index (χ3v) is 4.24. The Hall–Kier alpha value is -0.570. The van der Waals surface area contributed by atoms with Crippen molar-refractivity contribution in [2.24, 2.45) is 11.1 Å². The van der Waals surface area contributed by atoms with Crippen molar-refractivity contribution in [1.82, 2.24) is 4.90 Å². The highest BCUT2D eigenvalue weighted by Gasteiger charge is 2.32. The van der Waals surface area contributed by atoms with E-state index in [1.807, 2.05) is 0 Å². The Morgan fingerprint density at radius 2 is 2.06 bits per heavy atom. The summed E-state index contributed by atoms with van der Waals surface area (Å²) in [5.41, 5.74) is 10.5. The van der Waals surface area contributed by atoms with Gasteiger partial charge < -0.3 is 5.73 Å². The minimum absolute atomic E-state index is 0. The van der Waals surface area contributed by atoms with Gasteiger partial charge in [0.05, 0.1) is 0 Å².